The maximum Gasteiger partial charge on any atom is 0.0753 e. The summed E-state index contributed by atoms with van der Waals surface area (Å²) in [5.74, 6) is 0.722. The average Bonchev–Trinajstić information content (AvgIpc) is 2.41. The summed E-state index contributed by atoms with van der Waals surface area (Å²) in [7, 11) is 0. The van der Waals surface area contributed by atoms with Crippen molar-refractivity contribution in [2.45, 2.75) is 90.2 Å². The summed E-state index contributed by atoms with van der Waals surface area (Å²) in [4.78, 5) is 0. The van der Waals surface area contributed by atoms with Gasteiger partial charge in [0.2, 0.25) is 0 Å². The lowest BCUT2D eigenvalue weighted by Crippen LogP contribution is -2.42. The van der Waals surface area contributed by atoms with Crippen molar-refractivity contribution in [1.29, 1.82) is 0 Å². The summed E-state index contributed by atoms with van der Waals surface area (Å²) in [6, 6.07) is 0.255. The normalized spacial score (nSPS) is 20.8. The van der Waals surface area contributed by atoms with Gasteiger partial charge in [-0.15, -0.1) is 0 Å². The fourth-order valence-corrected chi connectivity index (χ4v) is 3.24. The van der Waals surface area contributed by atoms with E-state index in [0.717, 1.165) is 18.9 Å². The Bertz CT molecular complexity index is 190. The van der Waals surface area contributed by atoms with Gasteiger partial charge in [0.25, 0.3) is 0 Å². The van der Waals surface area contributed by atoms with Gasteiger partial charge >= 0.3 is 0 Å². The monoisotopic (exact) mass is 255 g/mol. The summed E-state index contributed by atoms with van der Waals surface area (Å²) in [5.41, 5.74) is 6.39. The van der Waals surface area contributed by atoms with E-state index < -0.39 is 0 Å². The highest BCUT2D eigenvalue weighted by Gasteiger charge is 2.28. The Kier molecular flexibility index (Phi) is 8.70. The summed E-state index contributed by atoms with van der Waals surface area (Å²) in [6.45, 7) is 5.16. The third-order valence-corrected chi connectivity index (χ3v) is 4.29. The Balaban J connectivity index is 2.33. The third-order valence-electron chi connectivity index (χ3n) is 4.29. The second-order valence-corrected chi connectivity index (χ2v) is 5.83. The molecule has 108 valence electrons. The quantitative estimate of drug-likeness (QED) is 0.624. The molecule has 18 heavy (non-hydrogen) atoms. The molecule has 0 aromatic rings. The SMILES string of the molecule is CCCCCCC(N)C(OCC)C1CCCCC1. The molecule has 2 heteroatoms. The molecule has 0 spiro atoms. The second-order valence-electron chi connectivity index (χ2n) is 5.83. The van der Waals surface area contributed by atoms with E-state index in [1.807, 2.05) is 0 Å². The summed E-state index contributed by atoms with van der Waals surface area (Å²) in [6.07, 6.45) is 13.5. The van der Waals surface area contributed by atoms with Gasteiger partial charge in [0.1, 0.15) is 0 Å². The Morgan fingerprint density at radius 1 is 1.06 bits per heavy atom. The van der Waals surface area contributed by atoms with E-state index >= 15 is 0 Å². The Morgan fingerprint density at radius 3 is 2.39 bits per heavy atom. The predicted octanol–water partition coefficient (Wildman–Crippen LogP) is 4.27. The Morgan fingerprint density at radius 2 is 1.78 bits per heavy atom. The molecule has 0 bridgehead atoms. The van der Waals surface area contributed by atoms with Crippen molar-refractivity contribution in [3.05, 3.63) is 0 Å². The topological polar surface area (TPSA) is 35.2 Å². The van der Waals surface area contributed by atoms with Crippen LogP contribution in [0.3, 0.4) is 0 Å². The molecule has 0 aliphatic heterocycles. The fourth-order valence-electron chi connectivity index (χ4n) is 3.24. The molecule has 1 fully saturated rings. The van der Waals surface area contributed by atoms with Gasteiger partial charge in [0.15, 0.2) is 0 Å². The molecule has 1 rings (SSSR count). The van der Waals surface area contributed by atoms with Gasteiger partial charge < -0.3 is 10.5 Å². The van der Waals surface area contributed by atoms with Crippen LogP contribution in [0.25, 0.3) is 0 Å². The first-order valence-electron chi connectivity index (χ1n) is 8.16. The van der Waals surface area contributed by atoms with Crippen LogP contribution in [0.1, 0.15) is 78.1 Å². The van der Waals surface area contributed by atoms with Crippen LogP contribution in [0.15, 0.2) is 0 Å². The van der Waals surface area contributed by atoms with E-state index in [9.17, 15) is 0 Å². The number of ether oxygens (including phenoxy) is 1. The van der Waals surface area contributed by atoms with Crippen LogP contribution in [0.4, 0.5) is 0 Å². The van der Waals surface area contributed by atoms with Crippen LogP contribution >= 0.6 is 0 Å². The van der Waals surface area contributed by atoms with Gasteiger partial charge in [-0.3, -0.25) is 0 Å². The molecule has 2 unspecified atom stereocenters. The number of hydrogen-bond acceptors (Lipinski definition) is 2. The molecule has 0 radical (unpaired) electrons. The van der Waals surface area contributed by atoms with Crippen LogP contribution in [0, 0.1) is 5.92 Å². The highest BCUT2D eigenvalue weighted by atomic mass is 16.5. The standard InChI is InChI=1S/C16H33NO/c1-3-5-6-10-13-15(17)16(18-4-2)14-11-8-7-9-12-14/h14-16H,3-13,17H2,1-2H3. The zero-order valence-electron chi connectivity index (χ0n) is 12.5. The van der Waals surface area contributed by atoms with E-state index in [1.165, 1.54) is 57.8 Å². The van der Waals surface area contributed by atoms with Crippen molar-refractivity contribution in [3.63, 3.8) is 0 Å². The lowest BCUT2D eigenvalue weighted by Gasteiger charge is -2.34. The van der Waals surface area contributed by atoms with Crippen LogP contribution in [0.2, 0.25) is 0 Å². The number of unbranched alkanes of at least 4 members (excludes halogenated alkanes) is 3. The minimum atomic E-state index is 0.255. The van der Waals surface area contributed by atoms with E-state index in [0.29, 0.717) is 6.10 Å². The van der Waals surface area contributed by atoms with Gasteiger partial charge in [-0.1, -0.05) is 51.9 Å². The van der Waals surface area contributed by atoms with Crippen molar-refractivity contribution in [2.75, 3.05) is 6.61 Å². The molecule has 2 nitrogen and oxygen atoms in total. The number of rotatable bonds is 9. The molecule has 1 saturated carbocycles. The third kappa shape index (κ3) is 5.71. The first kappa shape index (κ1) is 16.0. The molecule has 0 aromatic carbocycles. The first-order chi connectivity index (χ1) is 8.79. The predicted molar refractivity (Wildman–Crippen MR) is 78.7 cm³/mol. The van der Waals surface area contributed by atoms with Gasteiger partial charge in [-0.05, 0) is 32.1 Å². The van der Waals surface area contributed by atoms with Crippen LogP contribution in [0.5, 0.6) is 0 Å². The highest BCUT2D eigenvalue weighted by molar-refractivity contribution is 4.82. The summed E-state index contributed by atoms with van der Waals surface area (Å²) < 4.78 is 5.98. The second kappa shape index (κ2) is 9.80. The molecular formula is C16H33NO. The molecule has 2 atom stereocenters. The molecule has 0 saturated heterocycles. The van der Waals surface area contributed by atoms with Gasteiger partial charge in [-0.2, -0.15) is 0 Å². The van der Waals surface area contributed by atoms with E-state index in [1.54, 1.807) is 0 Å². The number of nitrogens with two attached hydrogens (primary N) is 1. The van der Waals surface area contributed by atoms with E-state index in [4.69, 9.17) is 10.5 Å². The number of hydrogen-bond donors (Lipinski definition) is 1. The minimum absolute atomic E-state index is 0.255. The first-order valence-corrected chi connectivity index (χ1v) is 8.16. The van der Waals surface area contributed by atoms with Crippen molar-refractivity contribution in [3.8, 4) is 0 Å². The van der Waals surface area contributed by atoms with Gasteiger partial charge in [0, 0.05) is 12.6 Å². The lowest BCUT2D eigenvalue weighted by molar-refractivity contribution is -0.0113. The Hall–Kier alpha value is -0.0800. The zero-order chi connectivity index (χ0) is 13.2. The van der Waals surface area contributed by atoms with E-state index in [-0.39, 0.29) is 6.04 Å². The largest absolute Gasteiger partial charge is 0.377 e. The van der Waals surface area contributed by atoms with E-state index in [2.05, 4.69) is 13.8 Å². The maximum atomic E-state index is 6.39. The fraction of sp³-hybridized carbons (Fsp3) is 1.00. The van der Waals surface area contributed by atoms with Gasteiger partial charge in [0.05, 0.1) is 6.10 Å². The van der Waals surface area contributed by atoms with Crippen molar-refractivity contribution in [2.24, 2.45) is 11.7 Å². The zero-order valence-corrected chi connectivity index (χ0v) is 12.5. The van der Waals surface area contributed by atoms with Gasteiger partial charge in [-0.25, -0.2) is 0 Å². The molecule has 0 amide bonds. The summed E-state index contributed by atoms with van der Waals surface area (Å²) >= 11 is 0. The van der Waals surface area contributed by atoms with Crippen LogP contribution in [-0.4, -0.2) is 18.8 Å². The Labute approximate surface area is 114 Å². The van der Waals surface area contributed by atoms with Crippen molar-refractivity contribution < 1.29 is 4.74 Å². The van der Waals surface area contributed by atoms with Crippen molar-refractivity contribution >= 4 is 0 Å². The minimum Gasteiger partial charge on any atom is -0.377 e. The van der Waals surface area contributed by atoms with Crippen LogP contribution < -0.4 is 5.73 Å². The highest BCUT2D eigenvalue weighted by Crippen LogP contribution is 2.30. The maximum absolute atomic E-state index is 6.39. The smallest absolute Gasteiger partial charge is 0.0753 e. The molecule has 0 heterocycles. The van der Waals surface area contributed by atoms with Crippen LogP contribution in [-0.2, 0) is 4.74 Å². The summed E-state index contributed by atoms with van der Waals surface area (Å²) in [5, 5.41) is 0. The molecular weight excluding hydrogens is 222 g/mol. The molecule has 0 aromatic heterocycles. The van der Waals surface area contributed by atoms with Crippen molar-refractivity contribution in [1.82, 2.24) is 0 Å². The average molecular weight is 255 g/mol. The molecule has 1 aliphatic rings. The molecule has 1 aliphatic carbocycles. The molecule has 2 N–H and O–H groups in total. The lowest BCUT2D eigenvalue weighted by atomic mass is 9.81.